The standard InChI is InChI=1S/C16H21N5O/c1-17-15-4-3-14(11-18-15)16(22)20-9-5-13(6-10-20)12-21-8-2-7-19-21/h2-4,7-8,11,13H,5-6,9-10,12H2,1H3,(H,17,18). The van der Waals surface area contributed by atoms with Crippen molar-refractivity contribution in [3.63, 3.8) is 0 Å². The largest absolute Gasteiger partial charge is 0.373 e. The number of carbonyl (C=O) groups is 1. The maximum atomic E-state index is 12.5. The van der Waals surface area contributed by atoms with Crippen LogP contribution in [0.5, 0.6) is 0 Å². The Labute approximate surface area is 130 Å². The molecular formula is C16H21N5O. The van der Waals surface area contributed by atoms with Crippen LogP contribution in [0.25, 0.3) is 0 Å². The molecule has 0 radical (unpaired) electrons. The molecule has 3 heterocycles. The normalized spacial score (nSPS) is 15.8. The lowest BCUT2D eigenvalue weighted by Crippen LogP contribution is -2.39. The van der Waals surface area contributed by atoms with Crippen LogP contribution in [-0.4, -0.2) is 45.7 Å². The van der Waals surface area contributed by atoms with E-state index in [0.717, 1.165) is 38.3 Å². The van der Waals surface area contributed by atoms with Crippen LogP contribution in [-0.2, 0) is 6.54 Å². The van der Waals surface area contributed by atoms with Gasteiger partial charge >= 0.3 is 0 Å². The van der Waals surface area contributed by atoms with Crippen LogP contribution in [0.1, 0.15) is 23.2 Å². The topological polar surface area (TPSA) is 63.1 Å². The minimum absolute atomic E-state index is 0.0766. The van der Waals surface area contributed by atoms with Gasteiger partial charge in [-0.05, 0) is 37.0 Å². The summed E-state index contributed by atoms with van der Waals surface area (Å²) in [5.41, 5.74) is 0.657. The molecule has 2 aromatic rings. The van der Waals surface area contributed by atoms with E-state index in [4.69, 9.17) is 0 Å². The Morgan fingerprint density at radius 2 is 2.18 bits per heavy atom. The Hall–Kier alpha value is -2.37. The van der Waals surface area contributed by atoms with E-state index in [-0.39, 0.29) is 5.91 Å². The molecule has 3 rings (SSSR count). The molecule has 1 aliphatic rings. The van der Waals surface area contributed by atoms with Crippen LogP contribution in [0.2, 0.25) is 0 Å². The smallest absolute Gasteiger partial charge is 0.255 e. The zero-order chi connectivity index (χ0) is 15.4. The number of aromatic nitrogens is 3. The SMILES string of the molecule is CNc1ccc(C(=O)N2CCC(Cn3cccn3)CC2)cn1. The lowest BCUT2D eigenvalue weighted by molar-refractivity contribution is 0.0681. The predicted molar refractivity (Wildman–Crippen MR) is 84.6 cm³/mol. The Morgan fingerprint density at radius 1 is 1.36 bits per heavy atom. The molecule has 116 valence electrons. The number of likely N-dealkylation sites (tertiary alicyclic amines) is 1. The van der Waals surface area contributed by atoms with Crippen LogP contribution in [0.4, 0.5) is 5.82 Å². The zero-order valence-corrected chi connectivity index (χ0v) is 12.8. The number of pyridine rings is 1. The van der Waals surface area contributed by atoms with E-state index in [1.54, 1.807) is 12.4 Å². The van der Waals surface area contributed by atoms with Crippen LogP contribution in [0.15, 0.2) is 36.8 Å². The average Bonchev–Trinajstić information content (AvgIpc) is 3.08. The number of rotatable bonds is 4. The number of carbonyl (C=O) groups excluding carboxylic acids is 1. The molecule has 1 saturated heterocycles. The summed E-state index contributed by atoms with van der Waals surface area (Å²) in [7, 11) is 1.81. The molecule has 1 N–H and O–H groups in total. The van der Waals surface area contributed by atoms with Crippen molar-refractivity contribution in [2.24, 2.45) is 5.92 Å². The van der Waals surface area contributed by atoms with Gasteiger partial charge in [0.05, 0.1) is 5.56 Å². The van der Waals surface area contributed by atoms with Gasteiger partial charge in [-0.15, -0.1) is 0 Å². The quantitative estimate of drug-likeness (QED) is 0.936. The summed E-state index contributed by atoms with van der Waals surface area (Å²) >= 11 is 0. The van der Waals surface area contributed by atoms with Crippen molar-refractivity contribution in [1.82, 2.24) is 19.7 Å². The monoisotopic (exact) mass is 299 g/mol. The Kier molecular flexibility index (Phi) is 4.37. The average molecular weight is 299 g/mol. The number of hydrogen-bond donors (Lipinski definition) is 1. The highest BCUT2D eigenvalue weighted by Gasteiger charge is 2.24. The molecule has 6 nitrogen and oxygen atoms in total. The first-order chi connectivity index (χ1) is 10.8. The van der Waals surface area contributed by atoms with Gasteiger partial charge in [-0.25, -0.2) is 4.98 Å². The van der Waals surface area contributed by atoms with E-state index < -0.39 is 0 Å². The Morgan fingerprint density at radius 3 is 2.77 bits per heavy atom. The Bertz CT molecular complexity index is 600. The minimum Gasteiger partial charge on any atom is -0.373 e. The predicted octanol–water partition coefficient (Wildman–Crippen LogP) is 1.87. The molecule has 0 atom stereocenters. The van der Waals surface area contributed by atoms with E-state index in [9.17, 15) is 4.79 Å². The van der Waals surface area contributed by atoms with Gasteiger partial charge in [0.25, 0.3) is 5.91 Å². The van der Waals surface area contributed by atoms with Gasteiger partial charge in [0.2, 0.25) is 0 Å². The van der Waals surface area contributed by atoms with E-state index in [2.05, 4.69) is 15.4 Å². The third-order valence-electron chi connectivity index (χ3n) is 4.17. The van der Waals surface area contributed by atoms with Crippen molar-refractivity contribution >= 4 is 11.7 Å². The van der Waals surface area contributed by atoms with Gasteiger partial charge < -0.3 is 10.2 Å². The number of amides is 1. The first kappa shape index (κ1) is 14.6. The lowest BCUT2D eigenvalue weighted by atomic mass is 9.96. The van der Waals surface area contributed by atoms with Crippen LogP contribution in [0, 0.1) is 5.92 Å². The van der Waals surface area contributed by atoms with Gasteiger partial charge in [0.15, 0.2) is 0 Å². The molecular weight excluding hydrogens is 278 g/mol. The second-order valence-corrected chi connectivity index (χ2v) is 5.65. The highest BCUT2D eigenvalue weighted by atomic mass is 16.2. The summed E-state index contributed by atoms with van der Waals surface area (Å²) in [6.07, 6.45) is 7.48. The summed E-state index contributed by atoms with van der Waals surface area (Å²) in [6.45, 7) is 2.55. The van der Waals surface area contributed by atoms with E-state index in [1.807, 2.05) is 41.0 Å². The van der Waals surface area contributed by atoms with Crippen molar-refractivity contribution < 1.29 is 4.79 Å². The molecule has 0 unspecified atom stereocenters. The Balaban J connectivity index is 1.54. The molecule has 0 spiro atoms. The van der Waals surface area contributed by atoms with Gasteiger partial charge in [0, 0.05) is 45.3 Å². The second kappa shape index (κ2) is 6.60. The van der Waals surface area contributed by atoms with Crippen LogP contribution >= 0.6 is 0 Å². The molecule has 0 aromatic carbocycles. The van der Waals surface area contributed by atoms with Gasteiger partial charge in [-0.2, -0.15) is 5.10 Å². The van der Waals surface area contributed by atoms with Gasteiger partial charge in [0.1, 0.15) is 5.82 Å². The molecule has 22 heavy (non-hydrogen) atoms. The summed E-state index contributed by atoms with van der Waals surface area (Å²) in [4.78, 5) is 18.6. The maximum absolute atomic E-state index is 12.5. The van der Waals surface area contributed by atoms with Crippen molar-refractivity contribution in [3.8, 4) is 0 Å². The molecule has 6 heteroatoms. The fourth-order valence-electron chi connectivity index (χ4n) is 2.84. The fraction of sp³-hybridized carbons (Fsp3) is 0.438. The molecule has 1 amide bonds. The maximum Gasteiger partial charge on any atom is 0.255 e. The molecule has 0 bridgehead atoms. The minimum atomic E-state index is 0.0766. The summed E-state index contributed by atoms with van der Waals surface area (Å²) in [6, 6.07) is 5.61. The molecule has 0 saturated carbocycles. The molecule has 1 fully saturated rings. The van der Waals surface area contributed by atoms with Gasteiger partial charge in [-0.1, -0.05) is 0 Å². The third-order valence-corrected chi connectivity index (χ3v) is 4.17. The summed E-state index contributed by atoms with van der Waals surface area (Å²) in [5, 5.41) is 7.21. The molecule has 0 aliphatic carbocycles. The summed E-state index contributed by atoms with van der Waals surface area (Å²) in [5.74, 6) is 1.44. The number of nitrogens with zero attached hydrogens (tertiary/aromatic N) is 4. The zero-order valence-electron chi connectivity index (χ0n) is 12.8. The number of anilines is 1. The highest BCUT2D eigenvalue weighted by Crippen LogP contribution is 2.20. The highest BCUT2D eigenvalue weighted by molar-refractivity contribution is 5.94. The van der Waals surface area contributed by atoms with E-state index in [1.165, 1.54) is 0 Å². The van der Waals surface area contributed by atoms with Crippen molar-refractivity contribution in [1.29, 1.82) is 0 Å². The molecule has 1 aliphatic heterocycles. The number of hydrogen-bond acceptors (Lipinski definition) is 4. The van der Waals surface area contributed by atoms with Crippen molar-refractivity contribution in [3.05, 3.63) is 42.4 Å². The van der Waals surface area contributed by atoms with E-state index >= 15 is 0 Å². The number of piperidine rings is 1. The summed E-state index contributed by atoms with van der Waals surface area (Å²) < 4.78 is 1.97. The molecule has 2 aromatic heterocycles. The third kappa shape index (κ3) is 3.27. The number of nitrogens with one attached hydrogen (secondary N) is 1. The van der Waals surface area contributed by atoms with Crippen LogP contribution < -0.4 is 5.32 Å². The first-order valence-corrected chi connectivity index (χ1v) is 7.67. The van der Waals surface area contributed by atoms with E-state index in [0.29, 0.717) is 11.5 Å². The van der Waals surface area contributed by atoms with Crippen molar-refractivity contribution in [2.75, 3.05) is 25.5 Å². The van der Waals surface area contributed by atoms with Crippen LogP contribution in [0.3, 0.4) is 0 Å². The lowest BCUT2D eigenvalue weighted by Gasteiger charge is -2.32. The second-order valence-electron chi connectivity index (χ2n) is 5.65. The van der Waals surface area contributed by atoms with Gasteiger partial charge in [-0.3, -0.25) is 9.48 Å². The fourth-order valence-corrected chi connectivity index (χ4v) is 2.84. The van der Waals surface area contributed by atoms with Crippen molar-refractivity contribution in [2.45, 2.75) is 19.4 Å². The first-order valence-electron chi connectivity index (χ1n) is 7.67.